The first-order valence-corrected chi connectivity index (χ1v) is 14.7. The highest BCUT2D eigenvalue weighted by Crippen LogP contribution is 2.36. The first-order chi connectivity index (χ1) is 19.9. The van der Waals surface area contributed by atoms with E-state index in [4.69, 9.17) is 11.6 Å². The summed E-state index contributed by atoms with van der Waals surface area (Å²) in [5.41, 5.74) is 3.32. The minimum atomic E-state index is -0.384. The maximum Gasteiger partial charge on any atom is 0.287 e. The smallest absolute Gasteiger partial charge is 0.287 e. The maximum absolute atomic E-state index is 13.2. The number of carbonyl (C=O) groups excluding carboxylic acids is 1. The molecule has 0 atom stereocenters. The Morgan fingerprint density at radius 1 is 1.07 bits per heavy atom. The Morgan fingerprint density at radius 3 is 2.63 bits per heavy atom. The third-order valence-electron chi connectivity index (χ3n) is 7.42. The van der Waals surface area contributed by atoms with Gasteiger partial charge >= 0.3 is 0 Å². The van der Waals surface area contributed by atoms with Gasteiger partial charge in [0, 0.05) is 36.3 Å². The van der Waals surface area contributed by atoms with Crippen molar-refractivity contribution in [1.82, 2.24) is 20.1 Å². The van der Waals surface area contributed by atoms with E-state index in [1.54, 1.807) is 6.07 Å². The van der Waals surface area contributed by atoms with Crippen molar-refractivity contribution in [3.63, 3.8) is 0 Å². The quantitative estimate of drug-likeness (QED) is 0.314. The lowest BCUT2D eigenvalue weighted by atomic mass is 10.1. The molecule has 3 aromatic heterocycles. The third kappa shape index (κ3) is 5.76. The molecular weight excluding hydrogens is 558 g/mol. The molecule has 2 aliphatic rings. The Bertz CT molecular complexity index is 1760. The third-order valence-corrected chi connectivity index (χ3v) is 8.96. The normalized spacial score (nSPS) is 15.0. The van der Waals surface area contributed by atoms with Gasteiger partial charge in [-0.3, -0.25) is 9.59 Å². The zero-order chi connectivity index (χ0) is 28.5. The van der Waals surface area contributed by atoms with E-state index < -0.39 is 0 Å². The summed E-state index contributed by atoms with van der Waals surface area (Å²) in [4.78, 5) is 35.5. The van der Waals surface area contributed by atoms with Crippen LogP contribution in [0.4, 0.5) is 22.9 Å². The number of H-pyrrole nitrogens is 1. The molecule has 0 radical (unpaired) electrons. The fraction of sp³-hybridized carbons (Fsp3) is 0.267. The number of aromatic amines is 1. The molecular formula is C30H30ClN7O2S. The number of pyridine rings is 1. The Hall–Kier alpha value is -3.99. The number of thiophene rings is 1. The monoisotopic (exact) mass is 587 g/mol. The van der Waals surface area contributed by atoms with Gasteiger partial charge in [-0.05, 0) is 61.9 Å². The van der Waals surface area contributed by atoms with Crippen LogP contribution in [0.15, 0.2) is 47.4 Å². The van der Waals surface area contributed by atoms with E-state index in [1.165, 1.54) is 11.3 Å². The molecule has 210 valence electrons. The number of benzene rings is 1. The van der Waals surface area contributed by atoms with Crippen LogP contribution in [0.5, 0.6) is 0 Å². The fourth-order valence-electron chi connectivity index (χ4n) is 4.99. The highest BCUT2D eigenvalue weighted by atomic mass is 35.5. The zero-order valence-corrected chi connectivity index (χ0v) is 24.4. The van der Waals surface area contributed by atoms with Crippen LogP contribution in [0.2, 0.25) is 5.02 Å². The van der Waals surface area contributed by atoms with Gasteiger partial charge in [0.25, 0.3) is 11.5 Å². The number of fused-ring (bicyclic) bond motifs is 1. The van der Waals surface area contributed by atoms with Gasteiger partial charge < -0.3 is 20.4 Å². The molecule has 41 heavy (non-hydrogen) atoms. The van der Waals surface area contributed by atoms with Crippen LogP contribution in [0, 0.1) is 6.92 Å². The Kier molecular flexibility index (Phi) is 7.61. The van der Waals surface area contributed by atoms with Crippen LogP contribution in [0.3, 0.4) is 0 Å². The molecule has 6 rings (SSSR count). The fourth-order valence-corrected chi connectivity index (χ4v) is 6.37. The Morgan fingerprint density at radius 2 is 1.88 bits per heavy atom. The molecule has 4 heterocycles. The standard InChI is InChI=1S/C30H30ClN7O2S/c1-18-7-9-21(27(31)28(18)34-30(40)25-15-19-5-3-4-6-24(19)41-25)22-16-23(29(39)36-35-22)33-26-10-8-20(17-32-26)38-13-11-37(2)12-14-38/h5-10,15-17H,3-4,11-14H2,1-2H3,(H,34,40)(H,36,39)(H,32,33,35). The van der Waals surface area contributed by atoms with Crippen LogP contribution in [-0.4, -0.2) is 59.2 Å². The average molecular weight is 588 g/mol. The Balaban J connectivity index is 1.23. The summed E-state index contributed by atoms with van der Waals surface area (Å²) in [6.45, 7) is 5.80. The van der Waals surface area contributed by atoms with Crippen LogP contribution in [0.25, 0.3) is 23.4 Å². The first kappa shape index (κ1) is 27.2. The highest BCUT2D eigenvalue weighted by Gasteiger charge is 2.19. The average Bonchev–Trinajstić information content (AvgIpc) is 3.42. The number of piperazine rings is 1. The first-order valence-electron chi connectivity index (χ1n) is 13.5. The van der Waals surface area contributed by atoms with Crippen molar-refractivity contribution in [3.8, 4) is 11.3 Å². The lowest BCUT2D eigenvalue weighted by Crippen LogP contribution is -2.44. The number of halogens is 1. The zero-order valence-electron chi connectivity index (χ0n) is 22.8. The minimum Gasteiger partial charge on any atom is -0.368 e. The van der Waals surface area contributed by atoms with Crippen molar-refractivity contribution in [3.05, 3.63) is 78.2 Å². The maximum atomic E-state index is 13.2. The molecule has 0 saturated carbocycles. The van der Waals surface area contributed by atoms with E-state index >= 15 is 0 Å². The van der Waals surface area contributed by atoms with Gasteiger partial charge in [-0.2, -0.15) is 5.10 Å². The molecule has 9 nitrogen and oxygen atoms in total. The second-order valence-corrected chi connectivity index (χ2v) is 11.8. The van der Waals surface area contributed by atoms with Crippen molar-refractivity contribution < 1.29 is 4.79 Å². The predicted octanol–water partition coefficient (Wildman–Crippen LogP) is 3.96. The SMILES string of the molecule is Cc1ccc(-c2cc(Nc3ccc(N4CCN(C)CC4)cn3)c(=O)[nH]n2)c(Cl)c1NC(=O)c1cc2c(s1)=CCCC=2. The summed E-state index contributed by atoms with van der Waals surface area (Å²) in [5.74, 6) is 0.331. The van der Waals surface area contributed by atoms with Gasteiger partial charge in [0.15, 0.2) is 0 Å². The number of carbonyl (C=O) groups is 1. The van der Waals surface area contributed by atoms with E-state index in [1.807, 2.05) is 43.5 Å². The van der Waals surface area contributed by atoms with Crippen LogP contribution in [0.1, 0.15) is 28.1 Å². The van der Waals surface area contributed by atoms with Crippen molar-refractivity contribution in [1.29, 1.82) is 0 Å². The number of likely N-dealkylation sites (N-methyl/N-ethyl adjacent to an activating group) is 1. The molecule has 0 bridgehead atoms. The lowest BCUT2D eigenvalue weighted by Gasteiger charge is -2.33. The van der Waals surface area contributed by atoms with Crippen LogP contribution >= 0.6 is 22.9 Å². The van der Waals surface area contributed by atoms with Gasteiger partial charge in [-0.15, -0.1) is 11.3 Å². The molecule has 1 saturated heterocycles. The number of aromatic nitrogens is 3. The van der Waals surface area contributed by atoms with E-state index in [0.717, 1.165) is 60.0 Å². The van der Waals surface area contributed by atoms with Gasteiger partial charge in [0.1, 0.15) is 11.5 Å². The van der Waals surface area contributed by atoms with Crippen molar-refractivity contribution >= 4 is 63.9 Å². The second kappa shape index (κ2) is 11.5. The van der Waals surface area contributed by atoms with E-state index in [-0.39, 0.29) is 17.2 Å². The molecule has 4 aromatic rings. The molecule has 1 aliphatic carbocycles. The molecule has 0 spiro atoms. The summed E-state index contributed by atoms with van der Waals surface area (Å²) in [6.07, 6.45) is 8.12. The van der Waals surface area contributed by atoms with E-state index in [2.05, 4.69) is 54.8 Å². The molecule has 1 fully saturated rings. The van der Waals surface area contributed by atoms with Gasteiger partial charge in [0.05, 0.1) is 33.2 Å². The van der Waals surface area contributed by atoms with E-state index in [0.29, 0.717) is 32.7 Å². The van der Waals surface area contributed by atoms with Crippen molar-refractivity contribution in [2.75, 3.05) is 48.8 Å². The number of hydrogen-bond donors (Lipinski definition) is 3. The van der Waals surface area contributed by atoms with Gasteiger partial charge in [-0.1, -0.05) is 35.9 Å². The van der Waals surface area contributed by atoms with Crippen molar-refractivity contribution in [2.24, 2.45) is 0 Å². The molecule has 3 N–H and O–H groups in total. The molecule has 11 heteroatoms. The number of anilines is 4. The topological polar surface area (TPSA) is 106 Å². The number of amides is 1. The second-order valence-electron chi connectivity index (χ2n) is 10.3. The predicted molar refractivity (Wildman–Crippen MR) is 167 cm³/mol. The number of nitrogens with one attached hydrogen (secondary N) is 3. The number of aryl methyl sites for hydroxylation is 1. The number of hydrogen-bond acceptors (Lipinski definition) is 8. The van der Waals surface area contributed by atoms with Crippen LogP contribution < -0.4 is 30.8 Å². The molecule has 1 aliphatic heterocycles. The Labute approximate surface area is 246 Å². The summed E-state index contributed by atoms with van der Waals surface area (Å²) >= 11 is 8.31. The molecule has 1 aromatic carbocycles. The summed E-state index contributed by atoms with van der Waals surface area (Å²) in [6, 6.07) is 11.1. The largest absolute Gasteiger partial charge is 0.368 e. The summed E-state index contributed by atoms with van der Waals surface area (Å²) in [7, 11) is 2.12. The van der Waals surface area contributed by atoms with Crippen molar-refractivity contribution in [2.45, 2.75) is 19.8 Å². The minimum absolute atomic E-state index is 0.212. The molecule has 0 unspecified atom stereocenters. The van der Waals surface area contributed by atoms with Gasteiger partial charge in [0.2, 0.25) is 0 Å². The van der Waals surface area contributed by atoms with Gasteiger partial charge in [-0.25, -0.2) is 10.1 Å². The van der Waals surface area contributed by atoms with Crippen LogP contribution in [-0.2, 0) is 0 Å². The highest BCUT2D eigenvalue weighted by molar-refractivity contribution is 7.12. The molecule has 1 amide bonds. The number of nitrogens with zero attached hydrogens (tertiary/aromatic N) is 4. The van der Waals surface area contributed by atoms with E-state index in [9.17, 15) is 9.59 Å². The lowest BCUT2D eigenvalue weighted by molar-refractivity contribution is 0.103. The summed E-state index contributed by atoms with van der Waals surface area (Å²) < 4.78 is 1.12. The summed E-state index contributed by atoms with van der Waals surface area (Å²) in [5, 5.41) is 14.3. The number of rotatable bonds is 6.